The summed E-state index contributed by atoms with van der Waals surface area (Å²) in [5, 5.41) is 18.7. The summed E-state index contributed by atoms with van der Waals surface area (Å²) in [6.45, 7) is 7.57. The number of nitrogens with one attached hydrogen (secondary N) is 1. The molecule has 5 heteroatoms. The lowest BCUT2D eigenvalue weighted by Gasteiger charge is -2.18. The SMILES string of the molecule is Cn1cc(CNCC(O)c2ccccc2Cl)c(C(C)(C)C)n1. The number of aliphatic hydroxyl groups is 1. The Kier molecular flexibility index (Phi) is 5.27. The third-order valence-corrected chi connectivity index (χ3v) is 3.88. The van der Waals surface area contributed by atoms with Crippen LogP contribution in [0.4, 0.5) is 0 Å². The van der Waals surface area contributed by atoms with E-state index in [9.17, 15) is 5.11 Å². The summed E-state index contributed by atoms with van der Waals surface area (Å²) in [4.78, 5) is 0. The molecule has 2 aromatic rings. The lowest BCUT2D eigenvalue weighted by molar-refractivity contribution is 0.174. The fourth-order valence-corrected chi connectivity index (χ4v) is 2.76. The van der Waals surface area contributed by atoms with Crippen LogP contribution in [0.2, 0.25) is 5.02 Å². The van der Waals surface area contributed by atoms with Gasteiger partial charge in [-0.05, 0) is 6.07 Å². The Morgan fingerprint density at radius 2 is 2.00 bits per heavy atom. The van der Waals surface area contributed by atoms with Gasteiger partial charge in [0.2, 0.25) is 0 Å². The maximum absolute atomic E-state index is 10.2. The molecule has 0 bridgehead atoms. The van der Waals surface area contributed by atoms with Crippen LogP contribution in [0, 0.1) is 0 Å². The van der Waals surface area contributed by atoms with Crippen molar-refractivity contribution in [1.82, 2.24) is 15.1 Å². The number of halogens is 1. The fraction of sp³-hybridized carbons (Fsp3) is 0.471. The summed E-state index contributed by atoms with van der Waals surface area (Å²) in [5.74, 6) is 0. The molecule has 0 radical (unpaired) electrons. The van der Waals surface area contributed by atoms with E-state index in [1.54, 1.807) is 6.07 Å². The van der Waals surface area contributed by atoms with Gasteiger partial charge in [0.1, 0.15) is 0 Å². The molecule has 0 aliphatic carbocycles. The number of aryl methyl sites for hydroxylation is 1. The van der Waals surface area contributed by atoms with Crippen LogP contribution in [0.15, 0.2) is 30.5 Å². The number of aliphatic hydroxyl groups excluding tert-OH is 1. The first-order valence-corrected chi connectivity index (χ1v) is 7.83. The van der Waals surface area contributed by atoms with E-state index in [1.165, 1.54) is 0 Å². The highest BCUT2D eigenvalue weighted by molar-refractivity contribution is 6.31. The average molecular weight is 322 g/mol. The van der Waals surface area contributed by atoms with Crippen molar-refractivity contribution in [2.24, 2.45) is 7.05 Å². The van der Waals surface area contributed by atoms with Crippen molar-refractivity contribution in [1.29, 1.82) is 0 Å². The molecule has 4 nitrogen and oxygen atoms in total. The molecule has 1 atom stereocenters. The molecule has 2 rings (SSSR count). The Morgan fingerprint density at radius 3 is 2.64 bits per heavy atom. The zero-order chi connectivity index (χ0) is 16.3. The summed E-state index contributed by atoms with van der Waals surface area (Å²) < 4.78 is 1.84. The molecule has 0 aliphatic heterocycles. The molecule has 120 valence electrons. The first-order chi connectivity index (χ1) is 10.3. The van der Waals surface area contributed by atoms with E-state index in [1.807, 2.05) is 36.1 Å². The van der Waals surface area contributed by atoms with Crippen LogP contribution < -0.4 is 5.32 Å². The molecule has 2 N–H and O–H groups in total. The number of hydrogen-bond acceptors (Lipinski definition) is 3. The first-order valence-electron chi connectivity index (χ1n) is 7.45. The number of rotatable bonds is 5. The largest absolute Gasteiger partial charge is 0.387 e. The molecule has 1 aromatic carbocycles. The molecule has 0 fully saturated rings. The predicted molar refractivity (Wildman–Crippen MR) is 90.0 cm³/mol. The molecular weight excluding hydrogens is 298 g/mol. The molecule has 0 aliphatic rings. The van der Waals surface area contributed by atoms with Crippen LogP contribution in [-0.4, -0.2) is 21.4 Å². The van der Waals surface area contributed by atoms with E-state index >= 15 is 0 Å². The molecular formula is C17H24ClN3O. The van der Waals surface area contributed by atoms with E-state index in [4.69, 9.17) is 11.6 Å². The van der Waals surface area contributed by atoms with Crippen LogP contribution in [0.1, 0.15) is 43.7 Å². The molecule has 1 heterocycles. The van der Waals surface area contributed by atoms with Gasteiger partial charge in [0, 0.05) is 47.9 Å². The van der Waals surface area contributed by atoms with Crippen molar-refractivity contribution in [2.75, 3.05) is 6.54 Å². The Labute approximate surface area is 137 Å². The van der Waals surface area contributed by atoms with Gasteiger partial charge in [-0.25, -0.2) is 0 Å². The van der Waals surface area contributed by atoms with Gasteiger partial charge in [-0.1, -0.05) is 50.6 Å². The molecule has 22 heavy (non-hydrogen) atoms. The van der Waals surface area contributed by atoms with Gasteiger partial charge in [0.25, 0.3) is 0 Å². The molecule has 0 spiro atoms. The Hall–Kier alpha value is -1.36. The maximum Gasteiger partial charge on any atom is 0.0928 e. The highest BCUT2D eigenvalue weighted by Crippen LogP contribution is 2.25. The number of aromatic nitrogens is 2. The second kappa shape index (κ2) is 6.82. The highest BCUT2D eigenvalue weighted by atomic mass is 35.5. The second-order valence-electron chi connectivity index (χ2n) is 6.59. The van der Waals surface area contributed by atoms with Gasteiger partial charge in [-0.15, -0.1) is 0 Å². The lowest BCUT2D eigenvalue weighted by atomic mass is 9.89. The molecule has 0 saturated heterocycles. The highest BCUT2D eigenvalue weighted by Gasteiger charge is 2.21. The van der Waals surface area contributed by atoms with Gasteiger partial charge in [0.15, 0.2) is 0 Å². The minimum absolute atomic E-state index is 0.000369. The minimum atomic E-state index is -0.622. The zero-order valence-corrected chi connectivity index (χ0v) is 14.4. The van der Waals surface area contributed by atoms with Gasteiger partial charge in [-0.3, -0.25) is 4.68 Å². The number of nitrogens with zero attached hydrogens (tertiary/aromatic N) is 2. The third kappa shape index (κ3) is 4.09. The predicted octanol–water partition coefficient (Wildman–Crippen LogP) is 3.19. The van der Waals surface area contributed by atoms with Gasteiger partial charge in [0.05, 0.1) is 11.8 Å². The fourth-order valence-electron chi connectivity index (χ4n) is 2.50. The summed E-state index contributed by atoms with van der Waals surface area (Å²) in [6.07, 6.45) is 1.40. The van der Waals surface area contributed by atoms with Crippen molar-refractivity contribution >= 4 is 11.6 Å². The summed E-state index contributed by atoms with van der Waals surface area (Å²) >= 11 is 6.10. The molecule has 0 amide bonds. The van der Waals surface area contributed by atoms with Gasteiger partial charge < -0.3 is 10.4 Å². The summed E-state index contributed by atoms with van der Waals surface area (Å²) in [5.41, 5.74) is 2.98. The Bertz CT molecular complexity index is 631. The van der Waals surface area contributed by atoms with Crippen LogP contribution in [0.3, 0.4) is 0 Å². The van der Waals surface area contributed by atoms with Crippen molar-refractivity contribution in [3.63, 3.8) is 0 Å². The molecule has 1 unspecified atom stereocenters. The maximum atomic E-state index is 10.2. The Morgan fingerprint density at radius 1 is 1.32 bits per heavy atom. The standard InChI is InChI=1S/C17H24ClN3O/c1-17(2,3)16-12(11-21(4)20-16)9-19-10-15(22)13-7-5-6-8-14(13)18/h5-8,11,15,19,22H,9-10H2,1-4H3. The van der Waals surface area contributed by atoms with E-state index in [0.717, 1.165) is 16.8 Å². The van der Waals surface area contributed by atoms with Crippen molar-refractivity contribution < 1.29 is 5.11 Å². The van der Waals surface area contributed by atoms with Crippen molar-refractivity contribution in [2.45, 2.75) is 38.8 Å². The van der Waals surface area contributed by atoms with Crippen molar-refractivity contribution in [3.05, 3.63) is 52.3 Å². The quantitative estimate of drug-likeness (QED) is 0.889. The van der Waals surface area contributed by atoms with Crippen LogP contribution in [0.25, 0.3) is 0 Å². The second-order valence-corrected chi connectivity index (χ2v) is 7.00. The average Bonchev–Trinajstić information content (AvgIpc) is 2.80. The van der Waals surface area contributed by atoms with Gasteiger partial charge in [-0.2, -0.15) is 5.10 Å². The molecule has 1 aromatic heterocycles. The zero-order valence-electron chi connectivity index (χ0n) is 13.6. The number of benzene rings is 1. The van der Waals surface area contributed by atoms with Gasteiger partial charge >= 0.3 is 0 Å². The van der Waals surface area contributed by atoms with Crippen LogP contribution >= 0.6 is 11.6 Å². The summed E-state index contributed by atoms with van der Waals surface area (Å²) in [6, 6.07) is 7.37. The van der Waals surface area contributed by atoms with E-state index in [2.05, 4.69) is 31.2 Å². The van der Waals surface area contributed by atoms with Crippen LogP contribution in [-0.2, 0) is 19.0 Å². The van der Waals surface area contributed by atoms with Crippen molar-refractivity contribution in [3.8, 4) is 0 Å². The number of hydrogen-bond donors (Lipinski definition) is 2. The van der Waals surface area contributed by atoms with Crippen LogP contribution in [0.5, 0.6) is 0 Å². The smallest absolute Gasteiger partial charge is 0.0928 e. The third-order valence-electron chi connectivity index (χ3n) is 3.53. The van der Waals surface area contributed by atoms with E-state index < -0.39 is 6.10 Å². The topological polar surface area (TPSA) is 50.1 Å². The van der Waals surface area contributed by atoms with E-state index in [0.29, 0.717) is 18.1 Å². The molecule has 0 saturated carbocycles. The Balaban J connectivity index is 1.99. The normalized spacial score (nSPS) is 13.4. The first kappa shape index (κ1) is 17.0. The summed E-state index contributed by atoms with van der Waals surface area (Å²) in [7, 11) is 1.93. The minimum Gasteiger partial charge on any atom is -0.387 e. The monoisotopic (exact) mass is 321 g/mol. The lowest BCUT2D eigenvalue weighted by Crippen LogP contribution is -2.23. The van der Waals surface area contributed by atoms with E-state index in [-0.39, 0.29) is 5.41 Å².